The number of hydrogen-bond acceptors (Lipinski definition) is 1. The molecule has 0 amide bonds. The SMILES string of the molecule is Cl.NCCC1=CCCCC1. The van der Waals surface area contributed by atoms with Crippen molar-refractivity contribution < 1.29 is 0 Å². The van der Waals surface area contributed by atoms with Crippen LogP contribution in [-0.4, -0.2) is 6.54 Å². The van der Waals surface area contributed by atoms with E-state index in [9.17, 15) is 0 Å². The Balaban J connectivity index is 0.000000810. The first-order valence-electron chi connectivity index (χ1n) is 3.81. The Morgan fingerprint density at radius 3 is 2.70 bits per heavy atom. The molecule has 2 heteroatoms. The Hall–Kier alpha value is -0.0100. The zero-order valence-electron chi connectivity index (χ0n) is 6.31. The molecule has 0 atom stereocenters. The predicted octanol–water partition coefficient (Wildman–Crippen LogP) is 2.26. The molecule has 0 aromatic rings. The molecule has 0 saturated carbocycles. The van der Waals surface area contributed by atoms with Crippen molar-refractivity contribution in [3.63, 3.8) is 0 Å². The molecule has 0 saturated heterocycles. The fourth-order valence-corrected chi connectivity index (χ4v) is 1.32. The maximum Gasteiger partial charge on any atom is -0.00399 e. The van der Waals surface area contributed by atoms with E-state index in [0.29, 0.717) is 0 Å². The molecule has 2 N–H and O–H groups in total. The summed E-state index contributed by atoms with van der Waals surface area (Å²) >= 11 is 0. The fraction of sp³-hybridized carbons (Fsp3) is 0.750. The van der Waals surface area contributed by atoms with E-state index >= 15 is 0 Å². The van der Waals surface area contributed by atoms with E-state index in [1.54, 1.807) is 5.57 Å². The highest BCUT2D eigenvalue weighted by atomic mass is 35.5. The number of halogens is 1. The third-order valence-electron chi connectivity index (χ3n) is 1.85. The van der Waals surface area contributed by atoms with E-state index in [4.69, 9.17) is 5.73 Å². The molecule has 1 rings (SSSR count). The van der Waals surface area contributed by atoms with Crippen molar-refractivity contribution in [3.05, 3.63) is 11.6 Å². The van der Waals surface area contributed by atoms with Crippen LogP contribution in [0.15, 0.2) is 11.6 Å². The third-order valence-corrected chi connectivity index (χ3v) is 1.85. The molecule has 0 aliphatic heterocycles. The first-order chi connectivity index (χ1) is 4.43. The van der Waals surface area contributed by atoms with Gasteiger partial charge in [0.25, 0.3) is 0 Å². The molecule has 0 fully saturated rings. The van der Waals surface area contributed by atoms with Gasteiger partial charge < -0.3 is 5.73 Å². The van der Waals surface area contributed by atoms with Crippen LogP contribution in [0.4, 0.5) is 0 Å². The highest BCUT2D eigenvalue weighted by Crippen LogP contribution is 2.18. The average molecular weight is 162 g/mol. The van der Waals surface area contributed by atoms with Gasteiger partial charge in [-0.25, -0.2) is 0 Å². The van der Waals surface area contributed by atoms with Gasteiger partial charge in [0.15, 0.2) is 0 Å². The summed E-state index contributed by atoms with van der Waals surface area (Å²) in [7, 11) is 0. The van der Waals surface area contributed by atoms with Gasteiger partial charge in [0.2, 0.25) is 0 Å². The second kappa shape index (κ2) is 5.75. The first-order valence-corrected chi connectivity index (χ1v) is 3.81. The van der Waals surface area contributed by atoms with Gasteiger partial charge in [0.05, 0.1) is 0 Å². The van der Waals surface area contributed by atoms with E-state index in [0.717, 1.165) is 13.0 Å². The molecule has 0 bridgehead atoms. The minimum absolute atomic E-state index is 0. The topological polar surface area (TPSA) is 26.0 Å². The van der Waals surface area contributed by atoms with Crippen LogP contribution in [0.3, 0.4) is 0 Å². The minimum Gasteiger partial charge on any atom is -0.330 e. The van der Waals surface area contributed by atoms with Crippen molar-refractivity contribution in [3.8, 4) is 0 Å². The van der Waals surface area contributed by atoms with Crippen molar-refractivity contribution in [2.45, 2.75) is 32.1 Å². The van der Waals surface area contributed by atoms with Gasteiger partial charge in [-0.2, -0.15) is 0 Å². The van der Waals surface area contributed by atoms with Gasteiger partial charge in [-0.3, -0.25) is 0 Å². The van der Waals surface area contributed by atoms with Crippen LogP contribution in [0, 0.1) is 0 Å². The maximum absolute atomic E-state index is 5.42. The van der Waals surface area contributed by atoms with Gasteiger partial charge in [0, 0.05) is 0 Å². The Labute approximate surface area is 69.1 Å². The molecule has 60 valence electrons. The molecule has 1 aliphatic rings. The van der Waals surface area contributed by atoms with Crippen molar-refractivity contribution in [1.82, 2.24) is 0 Å². The number of nitrogens with two attached hydrogens (primary N) is 1. The van der Waals surface area contributed by atoms with Crippen LogP contribution in [0.2, 0.25) is 0 Å². The van der Waals surface area contributed by atoms with Gasteiger partial charge in [-0.15, -0.1) is 12.4 Å². The lowest BCUT2D eigenvalue weighted by atomic mass is 9.97. The molecule has 0 aromatic carbocycles. The molecule has 1 nitrogen and oxygen atoms in total. The van der Waals surface area contributed by atoms with Crippen molar-refractivity contribution in [2.24, 2.45) is 5.73 Å². The summed E-state index contributed by atoms with van der Waals surface area (Å²) in [5.41, 5.74) is 7.01. The van der Waals surface area contributed by atoms with E-state index in [1.165, 1.54) is 25.7 Å². The molecule has 10 heavy (non-hydrogen) atoms. The standard InChI is InChI=1S/C8H15N.ClH/c9-7-6-8-4-2-1-3-5-8;/h4H,1-3,5-7,9H2;1H. The molecule has 0 heterocycles. The Morgan fingerprint density at radius 1 is 1.40 bits per heavy atom. The van der Waals surface area contributed by atoms with Crippen LogP contribution in [0.1, 0.15) is 32.1 Å². The highest BCUT2D eigenvalue weighted by molar-refractivity contribution is 5.85. The van der Waals surface area contributed by atoms with E-state index in [1.807, 2.05) is 0 Å². The zero-order chi connectivity index (χ0) is 6.53. The summed E-state index contributed by atoms with van der Waals surface area (Å²) in [5.74, 6) is 0. The normalized spacial score (nSPS) is 17.5. The average Bonchev–Trinajstić information content (AvgIpc) is 1.91. The lowest BCUT2D eigenvalue weighted by Gasteiger charge is -2.10. The summed E-state index contributed by atoms with van der Waals surface area (Å²) in [6.45, 7) is 0.825. The number of rotatable bonds is 2. The first kappa shape index (κ1) is 9.99. The molecule has 1 aliphatic carbocycles. The highest BCUT2D eigenvalue weighted by Gasteiger charge is 2.00. The second-order valence-electron chi connectivity index (χ2n) is 2.65. The van der Waals surface area contributed by atoms with Gasteiger partial charge in [0.1, 0.15) is 0 Å². The molecular formula is C8H16ClN. The summed E-state index contributed by atoms with van der Waals surface area (Å²) in [6, 6.07) is 0. The zero-order valence-corrected chi connectivity index (χ0v) is 7.12. The third kappa shape index (κ3) is 3.23. The number of allylic oxidation sites excluding steroid dienone is 1. The molecule has 0 aromatic heterocycles. The van der Waals surface area contributed by atoms with Crippen molar-refractivity contribution in [2.75, 3.05) is 6.54 Å². The van der Waals surface area contributed by atoms with E-state index in [-0.39, 0.29) is 12.4 Å². The van der Waals surface area contributed by atoms with Crippen LogP contribution < -0.4 is 5.73 Å². The maximum atomic E-state index is 5.42. The largest absolute Gasteiger partial charge is 0.330 e. The molecular weight excluding hydrogens is 146 g/mol. The van der Waals surface area contributed by atoms with E-state index in [2.05, 4.69) is 6.08 Å². The summed E-state index contributed by atoms with van der Waals surface area (Å²) in [4.78, 5) is 0. The number of hydrogen-bond donors (Lipinski definition) is 1. The van der Waals surface area contributed by atoms with Crippen molar-refractivity contribution >= 4 is 12.4 Å². The fourth-order valence-electron chi connectivity index (χ4n) is 1.32. The van der Waals surface area contributed by atoms with E-state index < -0.39 is 0 Å². The lowest BCUT2D eigenvalue weighted by molar-refractivity contribution is 0.676. The molecule has 0 unspecified atom stereocenters. The smallest absolute Gasteiger partial charge is 0.00399 e. The Morgan fingerprint density at radius 2 is 2.20 bits per heavy atom. The van der Waals surface area contributed by atoms with Gasteiger partial charge >= 0.3 is 0 Å². The second-order valence-corrected chi connectivity index (χ2v) is 2.65. The van der Waals surface area contributed by atoms with Crippen LogP contribution in [0.5, 0.6) is 0 Å². The quantitative estimate of drug-likeness (QED) is 0.618. The van der Waals surface area contributed by atoms with Crippen LogP contribution >= 0.6 is 12.4 Å². The molecule has 0 radical (unpaired) electrons. The van der Waals surface area contributed by atoms with Crippen LogP contribution in [0.25, 0.3) is 0 Å². The van der Waals surface area contributed by atoms with Crippen molar-refractivity contribution in [1.29, 1.82) is 0 Å². The lowest BCUT2D eigenvalue weighted by Crippen LogP contribution is -2.02. The predicted molar refractivity (Wildman–Crippen MR) is 47.5 cm³/mol. The summed E-state index contributed by atoms with van der Waals surface area (Å²) in [5, 5.41) is 0. The Kier molecular flexibility index (Phi) is 5.74. The summed E-state index contributed by atoms with van der Waals surface area (Å²) in [6.07, 6.45) is 8.84. The monoisotopic (exact) mass is 161 g/mol. The van der Waals surface area contributed by atoms with Gasteiger partial charge in [-0.05, 0) is 38.6 Å². The van der Waals surface area contributed by atoms with Gasteiger partial charge in [-0.1, -0.05) is 11.6 Å². The molecule has 0 spiro atoms. The minimum atomic E-state index is 0. The van der Waals surface area contributed by atoms with Crippen LogP contribution in [-0.2, 0) is 0 Å². The Bertz CT molecular complexity index is 110. The summed E-state index contributed by atoms with van der Waals surface area (Å²) < 4.78 is 0.